The van der Waals surface area contributed by atoms with Gasteiger partial charge in [-0.3, -0.25) is 4.68 Å². The first-order chi connectivity index (χ1) is 6.77. The average Bonchev–Trinajstić information content (AvgIpc) is 2.96. The molecule has 1 fully saturated rings. The van der Waals surface area contributed by atoms with Crippen LogP contribution in [-0.2, 0) is 5.33 Å². The molecule has 0 spiro atoms. The molecule has 2 nitrogen and oxygen atoms in total. The minimum Gasteiger partial charge on any atom is -0.266 e. The molecule has 0 aromatic carbocycles. The lowest BCUT2D eigenvalue weighted by Gasteiger charge is -2.14. The molecule has 1 saturated carbocycles. The van der Waals surface area contributed by atoms with Crippen LogP contribution in [0.4, 0.5) is 0 Å². The number of rotatable bonds is 4. The SMILES string of the molecule is CCC(C)n1ncc(CBr)c1C1CC1. The standard InChI is InChI=1S/C11H17BrN2/c1-3-8(2)14-11(9-4-5-9)10(6-12)7-13-14/h7-9H,3-6H2,1-2H3. The lowest BCUT2D eigenvalue weighted by molar-refractivity contribution is 0.460. The van der Waals surface area contributed by atoms with E-state index in [1.54, 1.807) is 0 Å². The molecule has 2 rings (SSSR count). The Morgan fingerprint density at radius 3 is 2.86 bits per heavy atom. The molecule has 14 heavy (non-hydrogen) atoms. The van der Waals surface area contributed by atoms with Gasteiger partial charge in [0.15, 0.2) is 0 Å². The van der Waals surface area contributed by atoms with Crippen molar-refractivity contribution in [1.29, 1.82) is 0 Å². The summed E-state index contributed by atoms with van der Waals surface area (Å²) in [6.07, 6.45) is 5.88. The molecule has 1 heterocycles. The van der Waals surface area contributed by atoms with Crippen molar-refractivity contribution < 1.29 is 0 Å². The van der Waals surface area contributed by atoms with E-state index >= 15 is 0 Å². The smallest absolute Gasteiger partial charge is 0.0533 e. The second-order valence-corrected chi connectivity index (χ2v) is 4.73. The summed E-state index contributed by atoms with van der Waals surface area (Å²) in [5.41, 5.74) is 2.86. The highest BCUT2D eigenvalue weighted by molar-refractivity contribution is 9.08. The van der Waals surface area contributed by atoms with Gasteiger partial charge in [0, 0.05) is 28.5 Å². The first-order valence-electron chi connectivity index (χ1n) is 5.40. The van der Waals surface area contributed by atoms with Crippen LogP contribution >= 0.6 is 15.9 Å². The summed E-state index contributed by atoms with van der Waals surface area (Å²) in [5, 5.41) is 5.45. The van der Waals surface area contributed by atoms with Crippen molar-refractivity contribution >= 4 is 15.9 Å². The molecule has 78 valence electrons. The number of alkyl halides is 1. The van der Waals surface area contributed by atoms with Gasteiger partial charge in [-0.1, -0.05) is 22.9 Å². The summed E-state index contributed by atoms with van der Waals surface area (Å²) in [5.74, 6) is 0.791. The number of hydrogen-bond donors (Lipinski definition) is 0. The fourth-order valence-electron chi connectivity index (χ4n) is 1.84. The lowest BCUT2D eigenvalue weighted by Crippen LogP contribution is -2.09. The predicted molar refractivity (Wildman–Crippen MR) is 61.8 cm³/mol. The fraction of sp³-hybridized carbons (Fsp3) is 0.727. The van der Waals surface area contributed by atoms with Crippen molar-refractivity contribution in [2.75, 3.05) is 0 Å². The van der Waals surface area contributed by atoms with E-state index in [1.807, 2.05) is 6.20 Å². The molecule has 1 aliphatic rings. The van der Waals surface area contributed by atoms with E-state index in [4.69, 9.17) is 0 Å². The maximum atomic E-state index is 4.51. The van der Waals surface area contributed by atoms with E-state index in [0.29, 0.717) is 6.04 Å². The highest BCUT2D eigenvalue weighted by atomic mass is 79.9. The summed E-state index contributed by atoms with van der Waals surface area (Å²) in [6.45, 7) is 4.47. The van der Waals surface area contributed by atoms with Crippen LogP contribution in [0.1, 0.15) is 56.3 Å². The Balaban J connectivity index is 2.33. The minimum absolute atomic E-state index is 0.540. The van der Waals surface area contributed by atoms with Crippen molar-refractivity contribution in [3.63, 3.8) is 0 Å². The largest absolute Gasteiger partial charge is 0.266 e. The van der Waals surface area contributed by atoms with Gasteiger partial charge in [-0.25, -0.2) is 0 Å². The summed E-state index contributed by atoms with van der Waals surface area (Å²) in [6, 6.07) is 0.540. The Labute approximate surface area is 93.8 Å². The first-order valence-corrected chi connectivity index (χ1v) is 6.52. The summed E-state index contributed by atoms with van der Waals surface area (Å²) < 4.78 is 2.23. The van der Waals surface area contributed by atoms with Gasteiger partial charge in [0.25, 0.3) is 0 Å². The Hall–Kier alpha value is -0.310. The second-order valence-electron chi connectivity index (χ2n) is 4.16. The predicted octanol–water partition coefficient (Wildman–Crippen LogP) is 3.63. The van der Waals surface area contributed by atoms with Crippen LogP contribution in [0.5, 0.6) is 0 Å². The lowest BCUT2D eigenvalue weighted by atomic mass is 10.1. The minimum atomic E-state index is 0.540. The molecule has 0 amide bonds. The normalized spacial score (nSPS) is 18.5. The number of aromatic nitrogens is 2. The van der Waals surface area contributed by atoms with Gasteiger partial charge in [-0.15, -0.1) is 0 Å². The van der Waals surface area contributed by atoms with Crippen LogP contribution in [-0.4, -0.2) is 9.78 Å². The maximum absolute atomic E-state index is 4.51. The Bertz CT molecular complexity index is 315. The zero-order valence-electron chi connectivity index (χ0n) is 8.83. The number of nitrogens with zero attached hydrogens (tertiary/aromatic N) is 2. The fourth-order valence-corrected chi connectivity index (χ4v) is 2.27. The number of halogens is 1. The average molecular weight is 257 g/mol. The molecule has 3 heteroatoms. The molecule has 1 atom stereocenters. The molecule has 0 radical (unpaired) electrons. The third kappa shape index (κ3) is 1.74. The van der Waals surface area contributed by atoms with Gasteiger partial charge in [-0.05, 0) is 26.2 Å². The highest BCUT2D eigenvalue weighted by Crippen LogP contribution is 2.43. The molecule has 1 unspecified atom stereocenters. The zero-order chi connectivity index (χ0) is 10.1. The van der Waals surface area contributed by atoms with Gasteiger partial charge < -0.3 is 0 Å². The van der Waals surface area contributed by atoms with Crippen molar-refractivity contribution in [3.05, 3.63) is 17.5 Å². The molecule has 0 N–H and O–H groups in total. The van der Waals surface area contributed by atoms with E-state index in [9.17, 15) is 0 Å². The Kier molecular flexibility index (Phi) is 2.96. The maximum Gasteiger partial charge on any atom is 0.0533 e. The van der Waals surface area contributed by atoms with Crippen LogP contribution in [0.3, 0.4) is 0 Å². The van der Waals surface area contributed by atoms with Gasteiger partial charge in [-0.2, -0.15) is 5.10 Å². The second kappa shape index (κ2) is 4.05. The zero-order valence-corrected chi connectivity index (χ0v) is 10.4. The molecule has 0 saturated heterocycles. The van der Waals surface area contributed by atoms with Gasteiger partial charge in [0.1, 0.15) is 0 Å². The van der Waals surface area contributed by atoms with Crippen molar-refractivity contribution in [3.8, 4) is 0 Å². The van der Waals surface area contributed by atoms with Crippen LogP contribution in [0, 0.1) is 0 Å². The first kappa shape index (κ1) is 10.2. The van der Waals surface area contributed by atoms with Gasteiger partial charge >= 0.3 is 0 Å². The molecule has 1 aliphatic carbocycles. The van der Waals surface area contributed by atoms with Crippen LogP contribution in [0.15, 0.2) is 6.20 Å². The van der Waals surface area contributed by atoms with E-state index < -0.39 is 0 Å². The van der Waals surface area contributed by atoms with E-state index in [-0.39, 0.29) is 0 Å². The third-order valence-corrected chi connectivity index (χ3v) is 3.63. The number of hydrogen-bond acceptors (Lipinski definition) is 1. The van der Waals surface area contributed by atoms with Crippen molar-refractivity contribution in [2.45, 2.75) is 50.4 Å². The summed E-state index contributed by atoms with van der Waals surface area (Å²) in [4.78, 5) is 0. The molecular formula is C11H17BrN2. The Morgan fingerprint density at radius 1 is 1.64 bits per heavy atom. The van der Waals surface area contributed by atoms with Gasteiger partial charge in [0.05, 0.1) is 6.20 Å². The van der Waals surface area contributed by atoms with E-state index in [1.165, 1.54) is 24.1 Å². The van der Waals surface area contributed by atoms with Crippen LogP contribution in [0.2, 0.25) is 0 Å². The van der Waals surface area contributed by atoms with Gasteiger partial charge in [0.2, 0.25) is 0 Å². The van der Waals surface area contributed by atoms with E-state index in [2.05, 4.69) is 39.6 Å². The molecule has 0 aliphatic heterocycles. The quantitative estimate of drug-likeness (QED) is 0.753. The molecule has 1 aromatic heterocycles. The highest BCUT2D eigenvalue weighted by Gasteiger charge is 2.30. The molecular weight excluding hydrogens is 240 g/mol. The van der Waals surface area contributed by atoms with Crippen molar-refractivity contribution in [1.82, 2.24) is 9.78 Å². The summed E-state index contributed by atoms with van der Waals surface area (Å²) >= 11 is 3.54. The van der Waals surface area contributed by atoms with E-state index in [0.717, 1.165) is 17.7 Å². The van der Waals surface area contributed by atoms with Crippen molar-refractivity contribution in [2.24, 2.45) is 0 Å². The monoisotopic (exact) mass is 256 g/mol. The molecule has 0 bridgehead atoms. The molecule has 1 aromatic rings. The van der Waals surface area contributed by atoms with Crippen LogP contribution in [0.25, 0.3) is 0 Å². The third-order valence-electron chi connectivity index (χ3n) is 3.03. The summed E-state index contributed by atoms with van der Waals surface area (Å²) in [7, 11) is 0. The Morgan fingerprint density at radius 2 is 2.36 bits per heavy atom. The topological polar surface area (TPSA) is 17.8 Å². The van der Waals surface area contributed by atoms with Crippen LogP contribution < -0.4 is 0 Å².